The van der Waals surface area contributed by atoms with Crippen molar-refractivity contribution in [3.8, 4) is 0 Å². The van der Waals surface area contributed by atoms with Crippen LogP contribution in [-0.2, 0) is 101 Å². The molecule has 0 spiro atoms. The van der Waals surface area contributed by atoms with Crippen molar-refractivity contribution in [2.45, 2.75) is 309 Å². The maximum absolute atomic E-state index is 15.0. The molecule has 136 heavy (non-hydrogen) atoms. The van der Waals surface area contributed by atoms with Crippen LogP contribution in [-0.4, -0.2) is 361 Å². The highest BCUT2D eigenvalue weighted by Gasteiger charge is 2.48. The third kappa shape index (κ3) is 38.0. The molecule has 0 saturated carbocycles. The van der Waals surface area contributed by atoms with Crippen LogP contribution in [0.5, 0.6) is 0 Å². The highest BCUT2D eigenvalue weighted by molar-refractivity contribution is 7.80. The number of aliphatic hydroxyl groups is 3. The fraction of sp³-hybridized carbons (Fsp3) is 0.732. The van der Waals surface area contributed by atoms with Gasteiger partial charge < -0.3 is 166 Å². The SMILES string of the molecule is C[C@@H](O)[C@H](NC(=O)[C@@H](NC(=O)[C@@H]1CCCN1C(=O)[C@H](CCCCN)NC(=O)[C@H](CO)NC(=O)[C@@H](N)CS)[C@@H](C)O)C(=O)N[C@@H](CCCCN)C(=O)N[C@@H](CCC(=O)O)C(=O)N[C@@H](CCCN=C(N)N)C(=O)N[C@@H](CCC(N)=O)C(=O)N[C@@H](CC(N)=O)C(=O)N[C@@H](CCCCN)C(=O)N1CCC[C@H]1C(=O)N1CCC[C@H]1C(=O)N[C@@H](CC(N)=O)C(=O)N[C@@H](CCCCN)C(=O)N1CCC[C@H]1C(=O)O. The summed E-state index contributed by atoms with van der Waals surface area (Å²) in [5.74, 6) is -23.2. The number of nitrogens with one attached hydrogen (secondary N) is 12. The van der Waals surface area contributed by atoms with Crippen molar-refractivity contribution in [1.29, 1.82) is 0 Å². The number of likely N-dealkylation sites (tertiary alicyclic amines) is 4. The van der Waals surface area contributed by atoms with Gasteiger partial charge >= 0.3 is 11.9 Å². The van der Waals surface area contributed by atoms with Gasteiger partial charge in [0.1, 0.15) is 96.7 Å². The second-order valence-corrected chi connectivity index (χ2v) is 34.4. The Balaban J connectivity index is 1.60. The molecule has 0 aliphatic carbocycles. The lowest BCUT2D eigenvalue weighted by atomic mass is 10.0. The topological polar surface area (TPSA) is 890 Å². The first-order valence-electron chi connectivity index (χ1n) is 45.8. The van der Waals surface area contributed by atoms with Gasteiger partial charge in [0.2, 0.25) is 112 Å². The van der Waals surface area contributed by atoms with E-state index in [1.807, 2.05) is 0 Å². The van der Waals surface area contributed by atoms with E-state index < -0.39 is 297 Å². The number of aliphatic carboxylic acids is 2. The van der Waals surface area contributed by atoms with Crippen molar-refractivity contribution in [3.63, 3.8) is 0 Å². The number of unbranched alkanes of at least 4 members (excludes halogenated alkanes) is 4. The number of nitrogens with zero attached hydrogens (tertiary/aromatic N) is 5. The summed E-state index contributed by atoms with van der Waals surface area (Å²) in [6, 6.07) is -27.1. The van der Waals surface area contributed by atoms with Gasteiger partial charge in [-0.05, 0) is 194 Å². The zero-order chi connectivity index (χ0) is 102. The molecule has 0 aromatic carbocycles. The zero-order valence-electron chi connectivity index (χ0n) is 76.8. The van der Waals surface area contributed by atoms with Crippen molar-refractivity contribution in [1.82, 2.24) is 83.4 Å². The Morgan fingerprint density at radius 2 is 0.676 bits per heavy atom. The van der Waals surface area contributed by atoms with Crippen LogP contribution in [0.1, 0.15) is 194 Å². The summed E-state index contributed by atoms with van der Waals surface area (Å²) in [5.41, 5.74) is 56.6. The van der Waals surface area contributed by atoms with Crippen LogP contribution >= 0.6 is 12.6 Å². The van der Waals surface area contributed by atoms with E-state index in [9.17, 15) is 126 Å². The van der Waals surface area contributed by atoms with E-state index >= 15 is 0 Å². The number of hydrogen-bond acceptors (Lipinski definition) is 31. The minimum absolute atomic E-state index is 0.00191. The Bertz CT molecular complexity index is 4150. The van der Waals surface area contributed by atoms with Crippen LogP contribution in [0.2, 0.25) is 0 Å². The predicted octanol–water partition coefficient (Wildman–Crippen LogP) is -12.7. The van der Waals surface area contributed by atoms with Gasteiger partial charge in [-0.1, -0.05) is 0 Å². The number of guanidine groups is 1. The Morgan fingerprint density at radius 1 is 0.360 bits per heavy atom. The van der Waals surface area contributed by atoms with Crippen LogP contribution in [0.4, 0.5) is 0 Å². The molecule has 4 saturated heterocycles. The van der Waals surface area contributed by atoms with Gasteiger partial charge in [0.05, 0.1) is 37.7 Å². The van der Waals surface area contributed by atoms with Gasteiger partial charge in [-0.25, -0.2) is 4.79 Å². The summed E-state index contributed by atoms with van der Waals surface area (Å²) in [6.07, 6.45) is -6.02. The van der Waals surface area contributed by atoms with E-state index in [-0.39, 0.29) is 174 Å². The minimum atomic E-state index is -2.02. The molecule has 766 valence electrons. The van der Waals surface area contributed by atoms with Gasteiger partial charge in [-0.2, -0.15) is 12.6 Å². The summed E-state index contributed by atoms with van der Waals surface area (Å²) in [6.45, 7) is 1.48. The maximum Gasteiger partial charge on any atom is 0.326 e. The lowest BCUT2D eigenvalue weighted by Crippen LogP contribution is -2.63. The van der Waals surface area contributed by atoms with Gasteiger partial charge in [0.25, 0.3) is 0 Å². The van der Waals surface area contributed by atoms with Crippen LogP contribution in [0.25, 0.3) is 0 Å². The lowest BCUT2D eigenvalue weighted by molar-refractivity contribution is -0.149. The number of aliphatic hydroxyl groups excluding tert-OH is 3. The lowest BCUT2D eigenvalue weighted by Gasteiger charge is -2.34. The number of aliphatic imine (C=N–C) groups is 1. The highest BCUT2D eigenvalue weighted by atomic mass is 32.1. The van der Waals surface area contributed by atoms with Crippen molar-refractivity contribution in [3.05, 3.63) is 0 Å². The number of carboxylic acids is 2. The van der Waals surface area contributed by atoms with E-state index in [1.165, 1.54) is 9.80 Å². The Labute approximate surface area is 791 Å². The third-order valence-electron chi connectivity index (χ3n) is 23.3. The first kappa shape index (κ1) is 116. The monoisotopic (exact) mass is 1950 g/mol. The standard InChI is InChI=1S/C82H141N27O26S/c1-42(111)63(105-76(129)64(43(2)112)104-74(127)56-22-12-34-106(56)77(130)49(17-4-8-30-84)100-72(125)54(40-110)103-65(118)44(87)41-136)75(128)97-45(16-3-7-29-83)66(119)96-48(26-28-62(116)117)68(121)94-46(20-11-33-93-82(91)92)67(120)95-47(25-27-59(88)113)69(122)101-52(38-60(89)114)70(123)98-50(18-5-9-31-85)78(131)108-36-14-23-57(108)80(133)107-35-13-21-55(107)73(126)102-53(39-61(90)115)71(124)99-51(19-6-10-32-86)79(132)109-37-15-24-58(109)81(134)135/h42-58,63-64,110-112,136H,3-41,83-87H2,1-2H3,(H2,88,113)(H2,89,114)(H2,90,115)(H,94,121)(H,95,120)(H,96,119)(H,97,128)(H,98,123)(H,99,124)(H,100,125)(H,101,122)(H,102,126)(H,103,118)(H,104,127)(H,105,129)(H,116,117)(H,134,135)(H4,91,92,93)/t42-,43-,44+,45+,46+,47+,48+,49+,50+,51+,52+,53+,54+,55+,56+,57+,58+,63+,64+/m1/s1. The summed E-state index contributed by atoms with van der Waals surface area (Å²) < 4.78 is 0. The second-order valence-electron chi connectivity index (χ2n) is 34.0. The first-order valence-corrected chi connectivity index (χ1v) is 46.4. The molecule has 0 radical (unpaired) electrons. The van der Waals surface area contributed by atoms with Crippen molar-refractivity contribution in [2.75, 3.05) is 71.3 Å². The molecule has 4 fully saturated rings. The quantitative estimate of drug-likeness (QED) is 0.0116. The molecular formula is C82H141N27O26S. The number of hydrogen-bond donors (Lipinski definition) is 28. The number of primary amides is 3. The van der Waals surface area contributed by atoms with E-state index in [1.54, 1.807) is 0 Å². The number of nitrogens with two attached hydrogens (primary N) is 10. The summed E-state index contributed by atoms with van der Waals surface area (Å²) in [7, 11) is 0. The number of carboxylic acid groups (broad SMARTS) is 2. The average molecular weight is 1950 g/mol. The Hall–Kier alpha value is -11.8. The van der Waals surface area contributed by atoms with Crippen LogP contribution in [0.15, 0.2) is 4.99 Å². The molecule has 4 aliphatic heterocycles. The van der Waals surface area contributed by atoms with E-state index in [0.29, 0.717) is 25.7 Å². The Kier molecular flexibility index (Phi) is 51.3. The summed E-state index contributed by atoms with van der Waals surface area (Å²) in [5, 5.41) is 80.8. The zero-order valence-corrected chi connectivity index (χ0v) is 77.7. The van der Waals surface area contributed by atoms with Gasteiger partial charge in [0, 0.05) is 51.3 Å². The van der Waals surface area contributed by atoms with Gasteiger partial charge in [0.15, 0.2) is 5.96 Å². The molecular weight excluding hydrogens is 1810 g/mol. The number of rotatable bonds is 63. The highest BCUT2D eigenvalue weighted by Crippen LogP contribution is 2.28. The molecule has 4 aliphatic rings. The minimum Gasteiger partial charge on any atom is -0.481 e. The number of amides is 19. The maximum atomic E-state index is 15.0. The van der Waals surface area contributed by atoms with Gasteiger partial charge in [-0.3, -0.25) is 101 Å². The first-order chi connectivity index (χ1) is 64.4. The molecule has 53 nitrogen and oxygen atoms in total. The predicted molar refractivity (Wildman–Crippen MR) is 486 cm³/mol. The molecule has 37 N–H and O–H groups in total. The number of carbonyl (C=O) groups is 21. The molecule has 19 amide bonds. The van der Waals surface area contributed by atoms with Crippen LogP contribution < -0.4 is 121 Å². The van der Waals surface area contributed by atoms with E-state index in [2.05, 4.69) is 81.4 Å². The van der Waals surface area contributed by atoms with Crippen LogP contribution in [0, 0.1) is 0 Å². The van der Waals surface area contributed by atoms with E-state index in [0.717, 1.165) is 23.6 Å². The summed E-state index contributed by atoms with van der Waals surface area (Å²) >= 11 is 3.97. The molecule has 54 heteroatoms. The normalized spacial score (nSPS) is 19.0. The summed E-state index contributed by atoms with van der Waals surface area (Å²) in [4.78, 5) is 299. The largest absolute Gasteiger partial charge is 0.481 e. The third-order valence-corrected chi connectivity index (χ3v) is 23.7. The van der Waals surface area contributed by atoms with Gasteiger partial charge in [-0.15, -0.1) is 0 Å². The molecule has 19 atom stereocenters. The molecule has 0 unspecified atom stereocenters. The molecule has 0 aromatic heterocycles. The van der Waals surface area contributed by atoms with Crippen molar-refractivity contribution in [2.24, 2.45) is 62.3 Å². The molecule has 4 heterocycles. The number of thiol groups is 1. The van der Waals surface area contributed by atoms with Crippen LogP contribution in [0.3, 0.4) is 0 Å². The molecule has 4 rings (SSSR count). The smallest absolute Gasteiger partial charge is 0.326 e. The van der Waals surface area contributed by atoms with E-state index in [4.69, 9.17) is 57.3 Å². The average Bonchev–Trinajstić information content (AvgIpc) is 1.64. The molecule has 0 bridgehead atoms. The van der Waals surface area contributed by atoms with Crippen molar-refractivity contribution >= 4 is 143 Å². The Morgan fingerprint density at radius 3 is 1.07 bits per heavy atom. The van der Waals surface area contributed by atoms with Crippen molar-refractivity contribution < 1.29 is 126 Å². The fourth-order valence-corrected chi connectivity index (χ4v) is 16.1. The number of carbonyl (C=O) groups excluding carboxylic acids is 19. The second kappa shape index (κ2) is 59.9. The molecule has 0 aromatic rings. The fourth-order valence-electron chi connectivity index (χ4n) is 16.0.